The molecule has 3 rings (SSSR count). The normalized spacial score (nSPS) is 32.7. The molecule has 2 aliphatic carbocycles. The number of carbonyl (C=O) groups is 2. The van der Waals surface area contributed by atoms with Gasteiger partial charge in [0, 0.05) is 25.7 Å². The summed E-state index contributed by atoms with van der Waals surface area (Å²) in [5, 5.41) is 0. The predicted molar refractivity (Wildman–Crippen MR) is 86.3 cm³/mol. The fourth-order valence-electron chi connectivity index (χ4n) is 4.78. The molecule has 1 fully saturated rings. The molecule has 4 heteroatoms. The second-order valence-electron chi connectivity index (χ2n) is 7.64. The van der Waals surface area contributed by atoms with Gasteiger partial charge < -0.3 is 9.47 Å². The number of hydrogen-bond donors (Lipinski definition) is 0. The second-order valence-corrected chi connectivity index (χ2v) is 7.64. The molecular weight excluding hydrogens is 292 g/mol. The van der Waals surface area contributed by atoms with Gasteiger partial charge in [0.05, 0.1) is 5.57 Å². The van der Waals surface area contributed by atoms with Crippen LogP contribution in [-0.2, 0) is 19.1 Å². The molecule has 0 radical (unpaired) electrons. The summed E-state index contributed by atoms with van der Waals surface area (Å²) in [6.07, 6.45) is 6.76. The van der Waals surface area contributed by atoms with Crippen molar-refractivity contribution in [3.63, 3.8) is 0 Å². The largest absolute Gasteiger partial charge is 0.456 e. The van der Waals surface area contributed by atoms with Crippen LogP contribution in [0.4, 0.5) is 0 Å². The lowest BCUT2D eigenvalue weighted by molar-refractivity contribution is -0.214. The smallest absolute Gasteiger partial charge is 0.340 e. The number of fused-ring (bicyclic) bond motifs is 2. The molecule has 1 heterocycles. The number of hydrogen-bond acceptors (Lipinski definition) is 4. The zero-order valence-electron chi connectivity index (χ0n) is 14.3. The maximum absolute atomic E-state index is 12.4. The van der Waals surface area contributed by atoms with Gasteiger partial charge in [-0.1, -0.05) is 19.9 Å². The van der Waals surface area contributed by atoms with Gasteiger partial charge in [-0.3, -0.25) is 4.79 Å². The van der Waals surface area contributed by atoms with Crippen LogP contribution in [0.3, 0.4) is 0 Å². The first-order valence-corrected chi connectivity index (χ1v) is 8.61. The minimum atomic E-state index is -0.906. The van der Waals surface area contributed by atoms with Crippen molar-refractivity contribution >= 4 is 11.8 Å². The van der Waals surface area contributed by atoms with Gasteiger partial charge in [-0.25, -0.2) is 4.79 Å². The standard InChI is InChI=1S/C19H26O4/c1-5-14(20)9-8-12(2)19-10-6-7-13(19)11-15-16(19)22-18(3,4)23-17(15)21/h5,12-13H,1,6-11H2,2-4H3/t12-,13+,19-/m1/s1. The highest BCUT2D eigenvalue weighted by atomic mass is 16.7. The third-order valence-electron chi connectivity index (χ3n) is 5.88. The average Bonchev–Trinajstić information content (AvgIpc) is 3.02. The minimum Gasteiger partial charge on any atom is -0.456 e. The Morgan fingerprint density at radius 1 is 1.43 bits per heavy atom. The van der Waals surface area contributed by atoms with Crippen molar-refractivity contribution in [2.75, 3.05) is 0 Å². The summed E-state index contributed by atoms with van der Waals surface area (Å²) in [4.78, 5) is 24.0. The lowest BCUT2D eigenvalue weighted by Gasteiger charge is -2.42. The lowest BCUT2D eigenvalue weighted by atomic mass is 9.68. The van der Waals surface area contributed by atoms with Crippen molar-refractivity contribution in [1.29, 1.82) is 0 Å². The van der Waals surface area contributed by atoms with Crippen LogP contribution < -0.4 is 0 Å². The minimum absolute atomic E-state index is 0.0827. The fourth-order valence-corrected chi connectivity index (χ4v) is 4.78. The second kappa shape index (κ2) is 5.50. The predicted octanol–water partition coefficient (Wildman–Crippen LogP) is 3.91. The highest BCUT2D eigenvalue weighted by Gasteiger charge is 2.59. The maximum atomic E-state index is 12.4. The van der Waals surface area contributed by atoms with E-state index < -0.39 is 5.79 Å². The summed E-state index contributed by atoms with van der Waals surface area (Å²) < 4.78 is 11.6. The molecule has 0 aromatic heterocycles. The monoisotopic (exact) mass is 318 g/mol. The molecule has 0 aromatic rings. The Kier molecular flexibility index (Phi) is 3.89. The number of allylic oxidation sites excluding steroid dienone is 2. The summed E-state index contributed by atoms with van der Waals surface area (Å²) in [5.41, 5.74) is 0.629. The molecule has 0 amide bonds. The number of ketones is 1. The van der Waals surface area contributed by atoms with E-state index in [1.54, 1.807) is 13.8 Å². The van der Waals surface area contributed by atoms with E-state index in [1.807, 2.05) is 0 Å². The van der Waals surface area contributed by atoms with Crippen molar-refractivity contribution in [1.82, 2.24) is 0 Å². The Morgan fingerprint density at radius 3 is 2.87 bits per heavy atom. The van der Waals surface area contributed by atoms with Gasteiger partial charge in [-0.2, -0.15) is 0 Å². The summed E-state index contributed by atoms with van der Waals surface area (Å²) in [5.74, 6) is 0.547. The molecule has 0 aromatic carbocycles. The average molecular weight is 318 g/mol. The van der Waals surface area contributed by atoms with Crippen LogP contribution in [0.2, 0.25) is 0 Å². The summed E-state index contributed by atoms with van der Waals surface area (Å²) in [7, 11) is 0. The van der Waals surface area contributed by atoms with E-state index >= 15 is 0 Å². The van der Waals surface area contributed by atoms with Crippen LogP contribution >= 0.6 is 0 Å². The molecule has 126 valence electrons. The van der Waals surface area contributed by atoms with Gasteiger partial charge in [0.1, 0.15) is 5.76 Å². The van der Waals surface area contributed by atoms with Crippen LogP contribution in [0, 0.1) is 17.3 Å². The van der Waals surface area contributed by atoms with Crippen molar-refractivity contribution in [3.05, 3.63) is 24.0 Å². The van der Waals surface area contributed by atoms with E-state index in [0.717, 1.165) is 43.4 Å². The fraction of sp³-hybridized carbons (Fsp3) is 0.684. The molecule has 4 nitrogen and oxygen atoms in total. The van der Waals surface area contributed by atoms with E-state index in [4.69, 9.17) is 9.47 Å². The third kappa shape index (κ3) is 2.52. The SMILES string of the molecule is C=CC(=O)CC[C@@H](C)[C@]12CCC[C@H]1CC1=C2OC(C)(C)OC1=O. The van der Waals surface area contributed by atoms with Crippen molar-refractivity contribution in [2.45, 2.75) is 65.1 Å². The first-order chi connectivity index (χ1) is 10.8. The Bertz CT molecular complexity index is 586. The Hall–Kier alpha value is -1.58. The first-order valence-electron chi connectivity index (χ1n) is 8.61. The molecule has 3 atom stereocenters. The number of carbonyl (C=O) groups excluding carboxylic acids is 2. The van der Waals surface area contributed by atoms with Crippen molar-refractivity contribution < 1.29 is 19.1 Å². The Balaban J connectivity index is 1.92. The van der Waals surface area contributed by atoms with Gasteiger partial charge in [0.25, 0.3) is 0 Å². The number of rotatable bonds is 5. The van der Waals surface area contributed by atoms with Crippen LogP contribution in [0.1, 0.15) is 59.3 Å². The number of esters is 1. The Morgan fingerprint density at radius 2 is 2.17 bits per heavy atom. The highest BCUT2D eigenvalue weighted by molar-refractivity contribution is 5.91. The van der Waals surface area contributed by atoms with Gasteiger partial charge >= 0.3 is 5.97 Å². The zero-order chi connectivity index (χ0) is 16.8. The van der Waals surface area contributed by atoms with E-state index in [2.05, 4.69) is 13.5 Å². The van der Waals surface area contributed by atoms with Gasteiger partial charge in [0.15, 0.2) is 5.78 Å². The van der Waals surface area contributed by atoms with Crippen LogP contribution in [0.5, 0.6) is 0 Å². The Labute approximate surface area is 137 Å². The molecule has 3 aliphatic rings. The molecule has 0 bridgehead atoms. The van der Waals surface area contributed by atoms with Crippen LogP contribution in [0.15, 0.2) is 24.0 Å². The summed E-state index contributed by atoms with van der Waals surface area (Å²) in [6, 6.07) is 0. The number of ether oxygens (including phenoxy) is 2. The van der Waals surface area contributed by atoms with E-state index in [9.17, 15) is 9.59 Å². The van der Waals surface area contributed by atoms with Crippen molar-refractivity contribution in [2.24, 2.45) is 17.3 Å². The molecular formula is C19H26O4. The molecule has 1 aliphatic heterocycles. The molecule has 0 unspecified atom stereocenters. The van der Waals surface area contributed by atoms with Crippen LogP contribution in [0.25, 0.3) is 0 Å². The van der Waals surface area contributed by atoms with Gasteiger partial charge in [-0.15, -0.1) is 0 Å². The van der Waals surface area contributed by atoms with E-state index in [0.29, 0.717) is 18.3 Å². The van der Waals surface area contributed by atoms with Crippen molar-refractivity contribution in [3.8, 4) is 0 Å². The van der Waals surface area contributed by atoms with E-state index in [-0.39, 0.29) is 17.2 Å². The topological polar surface area (TPSA) is 52.6 Å². The molecule has 23 heavy (non-hydrogen) atoms. The zero-order valence-corrected chi connectivity index (χ0v) is 14.3. The lowest BCUT2D eigenvalue weighted by Crippen LogP contribution is -2.41. The summed E-state index contributed by atoms with van der Waals surface area (Å²) in [6.45, 7) is 9.32. The maximum Gasteiger partial charge on any atom is 0.340 e. The van der Waals surface area contributed by atoms with E-state index in [1.165, 1.54) is 6.08 Å². The van der Waals surface area contributed by atoms with Crippen LogP contribution in [-0.4, -0.2) is 17.5 Å². The molecule has 0 saturated heterocycles. The highest BCUT2D eigenvalue weighted by Crippen LogP contribution is 2.63. The van der Waals surface area contributed by atoms with Gasteiger partial charge in [-0.05, 0) is 43.6 Å². The summed E-state index contributed by atoms with van der Waals surface area (Å²) >= 11 is 0. The molecule has 1 saturated carbocycles. The number of cyclic esters (lactones) is 1. The third-order valence-corrected chi connectivity index (χ3v) is 5.88. The molecule has 0 N–H and O–H groups in total. The first kappa shape index (κ1) is 16.3. The van der Waals surface area contributed by atoms with Gasteiger partial charge in [0.2, 0.25) is 5.79 Å². The molecule has 0 spiro atoms. The quantitative estimate of drug-likeness (QED) is 0.569.